The molecule has 0 saturated carbocycles. The molecule has 3 aromatic rings. The standard InChI is InChI=1S/C19H16BrN3S2/c1-12-5-4-6-14(9-12)23-18(16-10-13(20)11-25-16)17(22-19(23)24)15-7-2-3-8-21-15/h2-11,17-18H,1H3,(H,22,24)/t17-,18+/m0/s1. The van der Waals surface area contributed by atoms with E-state index in [9.17, 15) is 0 Å². The van der Waals surface area contributed by atoms with Crippen LogP contribution >= 0.6 is 39.5 Å². The number of benzene rings is 1. The minimum absolute atomic E-state index is 0.0137. The van der Waals surface area contributed by atoms with Gasteiger partial charge in [0.25, 0.3) is 0 Å². The molecular formula is C19H16BrN3S2. The predicted molar refractivity (Wildman–Crippen MR) is 111 cm³/mol. The summed E-state index contributed by atoms with van der Waals surface area (Å²) in [6.45, 7) is 2.10. The second-order valence-corrected chi connectivity index (χ2v) is 8.25. The van der Waals surface area contributed by atoms with Crippen molar-refractivity contribution in [3.05, 3.63) is 80.7 Å². The molecule has 2 aromatic heterocycles. The number of pyridine rings is 1. The molecule has 0 radical (unpaired) electrons. The third-order valence-electron chi connectivity index (χ3n) is 4.26. The first kappa shape index (κ1) is 16.7. The molecule has 1 N–H and O–H groups in total. The first-order valence-electron chi connectivity index (χ1n) is 7.95. The van der Waals surface area contributed by atoms with Crippen molar-refractivity contribution in [2.24, 2.45) is 0 Å². The van der Waals surface area contributed by atoms with E-state index in [0.717, 1.165) is 21.0 Å². The van der Waals surface area contributed by atoms with Crippen LogP contribution in [0.2, 0.25) is 0 Å². The van der Waals surface area contributed by atoms with E-state index in [0.29, 0.717) is 0 Å². The molecule has 2 atom stereocenters. The smallest absolute Gasteiger partial charge is 0.174 e. The Hall–Kier alpha value is -1.76. The molecule has 25 heavy (non-hydrogen) atoms. The summed E-state index contributed by atoms with van der Waals surface area (Å²) in [4.78, 5) is 8.02. The van der Waals surface area contributed by atoms with Crippen molar-refractivity contribution < 1.29 is 0 Å². The molecule has 1 aliphatic rings. The van der Waals surface area contributed by atoms with E-state index in [1.807, 2.05) is 18.3 Å². The summed E-state index contributed by atoms with van der Waals surface area (Å²) >= 11 is 11.0. The maximum Gasteiger partial charge on any atom is 0.174 e. The van der Waals surface area contributed by atoms with Gasteiger partial charge < -0.3 is 10.2 Å². The SMILES string of the molecule is Cc1cccc(N2C(=S)N[C@@H](c3ccccn3)[C@H]2c2cc(Br)cs2)c1. The van der Waals surface area contributed by atoms with Crippen LogP contribution in [0.4, 0.5) is 5.69 Å². The normalized spacial score (nSPS) is 19.9. The lowest BCUT2D eigenvalue weighted by Crippen LogP contribution is -2.29. The predicted octanol–water partition coefficient (Wildman–Crippen LogP) is 5.39. The van der Waals surface area contributed by atoms with Crippen molar-refractivity contribution in [3.63, 3.8) is 0 Å². The van der Waals surface area contributed by atoms with Crippen LogP contribution in [0.1, 0.15) is 28.2 Å². The Bertz CT molecular complexity index is 910. The van der Waals surface area contributed by atoms with E-state index in [-0.39, 0.29) is 12.1 Å². The van der Waals surface area contributed by atoms with Gasteiger partial charge in [-0.3, -0.25) is 4.98 Å². The second kappa shape index (κ2) is 6.86. The van der Waals surface area contributed by atoms with Crippen LogP contribution in [0, 0.1) is 6.92 Å². The number of aromatic nitrogens is 1. The molecular weight excluding hydrogens is 414 g/mol. The average Bonchev–Trinajstić information content (AvgIpc) is 3.18. The number of thiophene rings is 1. The van der Waals surface area contributed by atoms with E-state index in [2.05, 4.69) is 79.8 Å². The third kappa shape index (κ3) is 3.21. The monoisotopic (exact) mass is 429 g/mol. The summed E-state index contributed by atoms with van der Waals surface area (Å²) in [5.74, 6) is 0. The number of nitrogens with one attached hydrogen (secondary N) is 1. The van der Waals surface area contributed by atoms with Crippen LogP contribution in [0.25, 0.3) is 0 Å². The van der Waals surface area contributed by atoms with Crippen LogP contribution in [-0.2, 0) is 0 Å². The van der Waals surface area contributed by atoms with Crippen LogP contribution in [0.3, 0.4) is 0 Å². The second-order valence-electron chi connectivity index (χ2n) is 6.00. The molecule has 6 heteroatoms. The summed E-state index contributed by atoms with van der Waals surface area (Å²) in [7, 11) is 0. The molecule has 0 aliphatic carbocycles. The highest BCUT2D eigenvalue weighted by atomic mass is 79.9. The first-order valence-corrected chi connectivity index (χ1v) is 10.0. The number of hydrogen-bond acceptors (Lipinski definition) is 3. The van der Waals surface area contributed by atoms with Gasteiger partial charge in [0.15, 0.2) is 5.11 Å². The fourth-order valence-electron chi connectivity index (χ4n) is 3.18. The Balaban J connectivity index is 1.83. The van der Waals surface area contributed by atoms with Gasteiger partial charge in [0, 0.05) is 26.6 Å². The largest absolute Gasteiger partial charge is 0.351 e. The quantitative estimate of drug-likeness (QED) is 0.564. The highest BCUT2D eigenvalue weighted by Gasteiger charge is 2.41. The number of aryl methyl sites for hydroxylation is 1. The van der Waals surface area contributed by atoms with Gasteiger partial charge in [-0.1, -0.05) is 18.2 Å². The Morgan fingerprint density at radius 3 is 2.76 bits per heavy atom. The van der Waals surface area contributed by atoms with Crippen molar-refractivity contribution in [1.29, 1.82) is 0 Å². The highest BCUT2D eigenvalue weighted by molar-refractivity contribution is 9.10. The van der Waals surface area contributed by atoms with E-state index >= 15 is 0 Å². The van der Waals surface area contributed by atoms with Crippen LogP contribution in [0.5, 0.6) is 0 Å². The average molecular weight is 430 g/mol. The summed E-state index contributed by atoms with van der Waals surface area (Å²) in [5, 5.41) is 6.33. The van der Waals surface area contributed by atoms with E-state index < -0.39 is 0 Å². The van der Waals surface area contributed by atoms with Gasteiger partial charge >= 0.3 is 0 Å². The topological polar surface area (TPSA) is 28.2 Å². The van der Waals surface area contributed by atoms with Crippen LogP contribution in [0.15, 0.2) is 64.6 Å². The number of halogens is 1. The van der Waals surface area contributed by atoms with Crippen molar-refractivity contribution >= 4 is 50.3 Å². The van der Waals surface area contributed by atoms with Crippen molar-refractivity contribution in [3.8, 4) is 0 Å². The van der Waals surface area contributed by atoms with Gasteiger partial charge in [-0.05, 0) is 71.0 Å². The molecule has 0 amide bonds. The third-order valence-corrected chi connectivity index (χ3v) is 6.34. The van der Waals surface area contributed by atoms with E-state index in [4.69, 9.17) is 12.2 Å². The number of hydrogen-bond donors (Lipinski definition) is 1. The molecule has 1 saturated heterocycles. The number of rotatable bonds is 3. The van der Waals surface area contributed by atoms with Crippen molar-refractivity contribution in [2.45, 2.75) is 19.0 Å². The zero-order valence-electron chi connectivity index (χ0n) is 13.5. The Labute approximate surface area is 164 Å². The Morgan fingerprint density at radius 1 is 1.20 bits per heavy atom. The van der Waals surface area contributed by atoms with E-state index in [1.165, 1.54) is 10.4 Å². The summed E-state index contributed by atoms with van der Waals surface area (Å²) < 4.78 is 1.09. The van der Waals surface area contributed by atoms with Crippen LogP contribution in [-0.4, -0.2) is 10.1 Å². The lowest BCUT2D eigenvalue weighted by atomic mass is 10.0. The minimum Gasteiger partial charge on any atom is -0.351 e. The summed E-state index contributed by atoms with van der Waals surface area (Å²) in [5.41, 5.74) is 3.31. The minimum atomic E-state index is 0.0137. The van der Waals surface area contributed by atoms with Gasteiger partial charge in [0.05, 0.1) is 17.8 Å². The lowest BCUT2D eigenvalue weighted by Gasteiger charge is -2.27. The molecule has 3 nitrogen and oxygen atoms in total. The first-order chi connectivity index (χ1) is 12.1. The zero-order chi connectivity index (χ0) is 17.4. The number of nitrogens with zero attached hydrogens (tertiary/aromatic N) is 2. The van der Waals surface area contributed by atoms with Gasteiger partial charge in [-0.25, -0.2) is 0 Å². The fourth-order valence-corrected chi connectivity index (χ4v) is 5.10. The van der Waals surface area contributed by atoms with Gasteiger partial charge in [-0.2, -0.15) is 0 Å². The molecule has 0 bridgehead atoms. The zero-order valence-corrected chi connectivity index (χ0v) is 16.7. The number of thiocarbonyl (C=S) groups is 1. The lowest BCUT2D eigenvalue weighted by molar-refractivity contribution is 0.575. The van der Waals surface area contributed by atoms with Crippen molar-refractivity contribution in [1.82, 2.24) is 10.3 Å². The summed E-state index contributed by atoms with van der Waals surface area (Å²) in [6, 6.07) is 16.7. The highest BCUT2D eigenvalue weighted by Crippen LogP contribution is 2.44. The van der Waals surface area contributed by atoms with Gasteiger partial charge in [-0.15, -0.1) is 11.3 Å². The van der Waals surface area contributed by atoms with Crippen molar-refractivity contribution in [2.75, 3.05) is 4.90 Å². The molecule has 3 heterocycles. The molecule has 1 aliphatic heterocycles. The molecule has 1 aromatic carbocycles. The van der Waals surface area contributed by atoms with Crippen LogP contribution < -0.4 is 10.2 Å². The molecule has 126 valence electrons. The molecule has 0 spiro atoms. The Kier molecular flexibility index (Phi) is 4.58. The fraction of sp³-hybridized carbons (Fsp3) is 0.158. The van der Waals surface area contributed by atoms with Gasteiger partial charge in [0.1, 0.15) is 0 Å². The van der Waals surface area contributed by atoms with E-state index in [1.54, 1.807) is 11.3 Å². The van der Waals surface area contributed by atoms with Gasteiger partial charge in [0.2, 0.25) is 0 Å². The molecule has 4 rings (SSSR count). The molecule has 1 fully saturated rings. The molecule has 0 unspecified atom stereocenters. The number of anilines is 1. The summed E-state index contributed by atoms with van der Waals surface area (Å²) in [6.07, 6.45) is 1.83. The maximum absolute atomic E-state index is 5.71. The maximum atomic E-state index is 5.71. The Morgan fingerprint density at radius 2 is 2.08 bits per heavy atom.